The minimum atomic E-state index is -0.861. The quantitative estimate of drug-likeness (QED) is 0.638. The first kappa shape index (κ1) is 11.0. The Hall–Kier alpha value is -1.04. The van der Waals surface area contributed by atoms with Crippen LogP contribution < -0.4 is 0 Å². The Morgan fingerprint density at radius 3 is 2.36 bits per heavy atom. The van der Waals surface area contributed by atoms with Crippen LogP contribution in [0.1, 0.15) is 33.6 Å². The Morgan fingerprint density at radius 1 is 1.43 bits per heavy atom. The number of likely N-dealkylation sites (tertiary alicyclic amines) is 1. The van der Waals surface area contributed by atoms with E-state index >= 15 is 0 Å². The summed E-state index contributed by atoms with van der Waals surface area (Å²) >= 11 is 0. The average molecular weight is 194 g/mol. The van der Waals surface area contributed by atoms with E-state index in [0.29, 0.717) is 5.92 Å². The van der Waals surface area contributed by atoms with E-state index in [1.165, 1.54) is 0 Å². The number of amides is 1. The first-order valence-electron chi connectivity index (χ1n) is 5.18. The summed E-state index contributed by atoms with van der Waals surface area (Å²) in [6.45, 7) is 7.20. The molecule has 0 aromatic heterocycles. The Balaban J connectivity index is 2.59. The van der Waals surface area contributed by atoms with E-state index in [9.17, 15) is 4.79 Å². The maximum atomic E-state index is 11.9. The lowest BCUT2D eigenvalue weighted by molar-refractivity contribution is -0.138. The van der Waals surface area contributed by atoms with Gasteiger partial charge in [-0.15, -0.1) is 0 Å². The number of nitriles is 1. The van der Waals surface area contributed by atoms with Crippen LogP contribution in [0.3, 0.4) is 0 Å². The zero-order valence-electron chi connectivity index (χ0n) is 9.21. The molecule has 1 heterocycles. The third kappa shape index (κ3) is 2.25. The fraction of sp³-hybridized carbons (Fsp3) is 0.818. The SMILES string of the molecule is CC1CCN(C(=O)C(C)(C)C#N)CC1. The number of carbonyl (C=O) groups excluding carboxylic acids is 1. The van der Waals surface area contributed by atoms with Gasteiger partial charge in [-0.1, -0.05) is 6.92 Å². The molecule has 1 fully saturated rings. The van der Waals surface area contributed by atoms with E-state index in [2.05, 4.69) is 13.0 Å². The van der Waals surface area contributed by atoms with Crippen LogP contribution in [0.2, 0.25) is 0 Å². The first-order chi connectivity index (χ1) is 6.47. The van der Waals surface area contributed by atoms with Gasteiger partial charge in [0.25, 0.3) is 0 Å². The summed E-state index contributed by atoms with van der Waals surface area (Å²) in [7, 11) is 0. The number of piperidine rings is 1. The van der Waals surface area contributed by atoms with Crippen LogP contribution in [0.15, 0.2) is 0 Å². The molecule has 3 nitrogen and oxygen atoms in total. The van der Waals surface area contributed by atoms with Gasteiger partial charge in [-0.25, -0.2) is 0 Å². The van der Waals surface area contributed by atoms with Gasteiger partial charge in [-0.05, 0) is 32.6 Å². The molecule has 1 rings (SSSR count). The second-order valence-electron chi connectivity index (χ2n) is 4.71. The van der Waals surface area contributed by atoms with Crippen LogP contribution in [0.5, 0.6) is 0 Å². The first-order valence-corrected chi connectivity index (χ1v) is 5.18. The predicted molar refractivity (Wildman–Crippen MR) is 54.4 cm³/mol. The molecule has 0 bridgehead atoms. The highest BCUT2D eigenvalue weighted by molar-refractivity contribution is 5.84. The molecule has 1 aliphatic rings. The van der Waals surface area contributed by atoms with E-state index in [0.717, 1.165) is 25.9 Å². The zero-order chi connectivity index (χ0) is 10.8. The minimum Gasteiger partial charge on any atom is -0.341 e. The van der Waals surface area contributed by atoms with Gasteiger partial charge in [0, 0.05) is 13.1 Å². The van der Waals surface area contributed by atoms with Crippen LogP contribution in [0, 0.1) is 22.7 Å². The lowest BCUT2D eigenvalue weighted by Gasteiger charge is -2.33. The van der Waals surface area contributed by atoms with E-state index in [1.807, 2.05) is 4.90 Å². The van der Waals surface area contributed by atoms with E-state index in [4.69, 9.17) is 5.26 Å². The van der Waals surface area contributed by atoms with Gasteiger partial charge in [0.15, 0.2) is 0 Å². The van der Waals surface area contributed by atoms with E-state index in [1.54, 1.807) is 13.8 Å². The molecule has 0 N–H and O–H groups in total. The van der Waals surface area contributed by atoms with Crippen LogP contribution in [0.25, 0.3) is 0 Å². The van der Waals surface area contributed by atoms with Crippen molar-refractivity contribution in [1.29, 1.82) is 5.26 Å². The van der Waals surface area contributed by atoms with Gasteiger partial charge in [-0.3, -0.25) is 4.79 Å². The molecule has 0 spiro atoms. The van der Waals surface area contributed by atoms with Gasteiger partial charge >= 0.3 is 0 Å². The fourth-order valence-electron chi connectivity index (χ4n) is 1.65. The van der Waals surface area contributed by atoms with Gasteiger partial charge < -0.3 is 4.90 Å². The molecule has 78 valence electrons. The summed E-state index contributed by atoms with van der Waals surface area (Å²) in [5.41, 5.74) is -0.861. The lowest BCUT2D eigenvalue weighted by atomic mass is 9.91. The molecule has 0 aromatic carbocycles. The number of carbonyl (C=O) groups is 1. The summed E-state index contributed by atoms with van der Waals surface area (Å²) < 4.78 is 0. The third-order valence-electron chi connectivity index (χ3n) is 2.89. The molecule has 0 aliphatic carbocycles. The summed E-state index contributed by atoms with van der Waals surface area (Å²) in [5.74, 6) is 0.691. The standard InChI is InChI=1S/C11H18N2O/c1-9-4-6-13(7-5-9)10(14)11(2,3)8-12/h9H,4-7H2,1-3H3. The van der Waals surface area contributed by atoms with Crippen molar-refractivity contribution in [3.05, 3.63) is 0 Å². The molecular weight excluding hydrogens is 176 g/mol. The maximum absolute atomic E-state index is 11.9. The van der Waals surface area contributed by atoms with Crippen LogP contribution in [-0.2, 0) is 4.79 Å². The number of hydrogen-bond acceptors (Lipinski definition) is 2. The van der Waals surface area contributed by atoms with Crippen molar-refractivity contribution in [2.24, 2.45) is 11.3 Å². The molecule has 0 atom stereocenters. The highest BCUT2D eigenvalue weighted by Crippen LogP contribution is 2.22. The molecule has 1 aliphatic heterocycles. The third-order valence-corrected chi connectivity index (χ3v) is 2.89. The highest BCUT2D eigenvalue weighted by Gasteiger charge is 2.33. The molecule has 0 radical (unpaired) electrons. The number of hydrogen-bond donors (Lipinski definition) is 0. The average Bonchev–Trinajstić information content (AvgIpc) is 2.18. The minimum absolute atomic E-state index is 0.0214. The smallest absolute Gasteiger partial charge is 0.242 e. The number of rotatable bonds is 1. The van der Waals surface area contributed by atoms with Crippen LogP contribution >= 0.6 is 0 Å². The summed E-state index contributed by atoms with van der Waals surface area (Å²) in [6.07, 6.45) is 2.13. The van der Waals surface area contributed by atoms with Crippen molar-refractivity contribution in [2.45, 2.75) is 33.6 Å². The topological polar surface area (TPSA) is 44.1 Å². The Kier molecular flexibility index (Phi) is 3.15. The van der Waals surface area contributed by atoms with Crippen molar-refractivity contribution in [3.63, 3.8) is 0 Å². The van der Waals surface area contributed by atoms with E-state index < -0.39 is 5.41 Å². The van der Waals surface area contributed by atoms with Crippen LogP contribution in [0.4, 0.5) is 0 Å². The summed E-state index contributed by atoms with van der Waals surface area (Å²) in [6, 6.07) is 2.06. The monoisotopic (exact) mass is 194 g/mol. The highest BCUT2D eigenvalue weighted by atomic mass is 16.2. The number of nitrogens with zero attached hydrogens (tertiary/aromatic N) is 2. The van der Waals surface area contributed by atoms with Gasteiger partial charge in [0.2, 0.25) is 5.91 Å². The Morgan fingerprint density at radius 2 is 1.93 bits per heavy atom. The van der Waals surface area contributed by atoms with Crippen molar-refractivity contribution in [1.82, 2.24) is 4.90 Å². The van der Waals surface area contributed by atoms with Crippen LogP contribution in [-0.4, -0.2) is 23.9 Å². The molecule has 0 saturated carbocycles. The normalized spacial score (nSPS) is 19.1. The molecule has 14 heavy (non-hydrogen) atoms. The fourth-order valence-corrected chi connectivity index (χ4v) is 1.65. The Labute approximate surface area is 85.7 Å². The summed E-state index contributed by atoms with van der Waals surface area (Å²) in [5, 5.41) is 8.85. The molecule has 1 saturated heterocycles. The molecule has 0 unspecified atom stereocenters. The van der Waals surface area contributed by atoms with Gasteiger partial charge in [0.05, 0.1) is 6.07 Å². The molecule has 0 aromatic rings. The van der Waals surface area contributed by atoms with Gasteiger partial charge in [-0.2, -0.15) is 5.26 Å². The second kappa shape index (κ2) is 4.00. The molecule has 3 heteroatoms. The van der Waals surface area contributed by atoms with Crippen molar-refractivity contribution < 1.29 is 4.79 Å². The van der Waals surface area contributed by atoms with E-state index in [-0.39, 0.29) is 5.91 Å². The summed E-state index contributed by atoms with van der Waals surface area (Å²) in [4.78, 5) is 13.7. The molecular formula is C11H18N2O. The second-order valence-corrected chi connectivity index (χ2v) is 4.71. The van der Waals surface area contributed by atoms with Gasteiger partial charge in [0.1, 0.15) is 5.41 Å². The van der Waals surface area contributed by atoms with Crippen molar-refractivity contribution in [2.75, 3.05) is 13.1 Å². The largest absolute Gasteiger partial charge is 0.341 e. The molecule has 1 amide bonds. The predicted octanol–water partition coefficient (Wildman–Crippen LogP) is 1.79. The Bertz CT molecular complexity index is 257. The lowest BCUT2D eigenvalue weighted by Crippen LogP contribution is -2.44. The maximum Gasteiger partial charge on any atom is 0.242 e. The van der Waals surface area contributed by atoms with Crippen molar-refractivity contribution in [3.8, 4) is 6.07 Å². The van der Waals surface area contributed by atoms with Crippen molar-refractivity contribution >= 4 is 5.91 Å². The zero-order valence-corrected chi connectivity index (χ0v) is 9.21.